The first-order chi connectivity index (χ1) is 14.8. The maximum Gasteiger partial charge on any atom is 0.306 e. The van der Waals surface area contributed by atoms with Gasteiger partial charge in [0.25, 0.3) is 11.8 Å². The highest BCUT2D eigenvalue weighted by Gasteiger charge is 2.20. The molecular formula is C22H25N5O4. The Balaban J connectivity index is 1.52. The van der Waals surface area contributed by atoms with Crippen LogP contribution in [-0.4, -0.2) is 38.5 Å². The molecule has 2 N–H and O–H groups in total. The van der Waals surface area contributed by atoms with Gasteiger partial charge in [0.2, 0.25) is 0 Å². The third-order valence-electron chi connectivity index (χ3n) is 4.88. The summed E-state index contributed by atoms with van der Waals surface area (Å²) in [7, 11) is 0. The summed E-state index contributed by atoms with van der Waals surface area (Å²) < 4.78 is 6.96. The minimum atomic E-state index is -1.06. The van der Waals surface area contributed by atoms with Crippen LogP contribution in [0.1, 0.15) is 46.3 Å². The van der Waals surface area contributed by atoms with Gasteiger partial charge >= 0.3 is 5.97 Å². The number of esters is 1. The van der Waals surface area contributed by atoms with Crippen molar-refractivity contribution in [2.75, 3.05) is 0 Å². The van der Waals surface area contributed by atoms with Crippen molar-refractivity contribution in [2.45, 2.75) is 46.6 Å². The van der Waals surface area contributed by atoms with Gasteiger partial charge in [-0.1, -0.05) is 18.2 Å². The Kier molecular flexibility index (Phi) is 6.64. The summed E-state index contributed by atoms with van der Waals surface area (Å²) in [6, 6.07) is 10.3. The number of nitrogens with zero attached hydrogens (tertiary/aromatic N) is 3. The third kappa shape index (κ3) is 5.25. The maximum absolute atomic E-state index is 12.2. The number of ether oxygens (including phenoxy) is 1. The number of carbonyl (C=O) groups is 3. The molecule has 0 spiro atoms. The van der Waals surface area contributed by atoms with Crippen LogP contribution >= 0.6 is 0 Å². The van der Waals surface area contributed by atoms with Crippen LogP contribution in [0.4, 0.5) is 0 Å². The van der Waals surface area contributed by atoms with E-state index in [0.717, 1.165) is 28.3 Å². The van der Waals surface area contributed by atoms with E-state index in [1.54, 1.807) is 34.8 Å². The number of aryl methyl sites for hydroxylation is 3. The van der Waals surface area contributed by atoms with Gasteiger partial charge < -0.3 is 4.74 Å². The molecule has 0 radical (unpaired) electrons. The molecule has 9 nitrogen and oxygen atoms in total. The van der Waals surface area contributed by atoms with Crippen molar-refractivity contribution in [1.29, 1.82) is 0 Å². The number of hydrogen-bond donors (Lipinski definition) is 2. The number of nitrogens with one attached hydrogen (secondary N) is 2. The molecule has 1 aromatic carbocycles. The van der Waals surface area contributed by atoms with Crippen molar-refractivity contribution < 1.29 is 19.1 Å². The lowest BCUT2D eigenvalue weighted by molar-refractivity contribution is -0.155. The minimum absolute atomic E-state index is 0.0864. The summed E-state index contributed by atoms with van der Waals surface area (Å²) in [6.45, 7) is 7.16. The fourth-order valence-corrected chi connectivity index (χ4v) is 3.22. The van der Waals surface area contributed by atoms with Crippen molar-refractivity contribution in [3.8, 4) is 0 Å². The van der Waals surface area contributed by atoms with E-state index in [2.05, 4.69) is 20.9 Å². The summed E-state index contributed by atoms with van der Waals surface area (Å²) in [5.41, 5.74) is 9.25. The molecule has 2 heterocycles. The molecule has 0 unspecified atom stereocenters. The highest BCUT2D eigenvalue weighted by molar-refractivity contribution is 5.95. The second-order valence-corrected chi connectivity index (χ2v) is 7.26. The molecule has 3 rings (SSSR count). The molecule has 0 bridgehead atoms. The lowest BCUT2D eigenvalue weighted by atomic mass is 10.1. The van der Waals surface area contributed by atoms with Gasteiger partial charge in [-0.25, -0.2) is 9.50 Å². The Morgan fingerprint density at radius 2 is 1.81 bits per heavy atom. The predicted molar refractivity (Wildman–Crippen MR) is 113 cm³/mol. The Hall–Kier alpha value is -3.75. The highest BCUT2D eigenvalue weighted by atomic mass is 16.5. The predicted octanol–water partition coefficient (Wildman–Crippen LogP) is 1.98. The van der Waals surface area contributed by atoms with Crippen molar-refractivity contribution in [3.05, 3.63) is 64.6 Å². The molecule has 0 aliphatic carbocycles. The minimum Gasteiger partial charge on any atom is -0.452 e. The second kappa shape index (κ2) is 9.38. The molecule has 3 aromatic rings. The van der Waals surface area contributed by atoms with Gasteiger partial charge in [0.05, 0.1) is 5.69 Å². The van der Waals surface area contributed by atoms with Crippen LogP contribution in [0.2, 0.25) is 0 Å². The highest BCUT2D eigenvalue weighted by Crippen LogP contribution is 2.17. The second-order valence-electron chi connectivity index (χ2n) is 7.26. The van der Waals surface area contributed by atoms with Crippen molar-refractivity contribution in [3.63, 3.8) is 0 Å². The molecule has 162 valence electrons. The molecular weight excluding hydrogens is 398 g/mol. The van der Waals surface area contributed by atoms with Crippen LogP contribution in [0.15, 0.2) is 36.4 Å². The van der Waals surface area contributed by atoms with Crippen LogP contribution in [0, 0.1) is 20.8 Å². The molecule has 2 aromatic heterocycles. The Labute approximate surface area is 179 Å². The number of aromatic nitrogens is 3. The van der Waals surface area contributed by atoms with E-state index in [0.29, 0.717) is 12.0 Å². The molecule has 1 atom stereocenters. The van der Waals surface area contributed by atoms with Crippen molar-refractivity contribution in [2.24, 2.45) is 0 Å². The van der Waals surface area contributed by atoms with E-state index in [1.165, 1.54) is 6.92 Å². The van der Waals surface area contributed by atoms with Crippen molar-refractivity contribution in [1.82, 2.24) is 25.4 Å². The summed E-state index contributed by atoms with van der Waals surface area (Å²) in [5.74, 6) is -1.61. The van der Waals surface area contributed by atoms with Gasteiger partial charge in [0.15, 0.2) is 11.8 Å². The summed E-state index contributed by atoms with van der Waals surface area (Å²) in [5, 5.41) is 4.42. The lowest BCUT2D eigenvalue weighted by Gasteiger charge is -2.15. The van der Waals surface area contributed by atoms with Gasteiger partial charge in [0.1, 0.15) is 0 Å². The monoisotopic (exact) mass is 423 g/mol. The zero-order chi connectivity index (χ0) is 22.5. The number of hydrogen-bond acceptors (Lipinski definition) is 6. The number of rotatable bonds is 6. The zero-order valence-corrected chi connectivity index (χ0v) is 17.9. The molecule has 0 aliphatic heterocycles. The topological polar surface area (TPSA) is 115 Å². The fourth-order valence-electron chi connectivity index (χ4n) is 3.22. The van der Waals surface area contributed by atoms with E-state index in [9.17, 15) is 14.4 Å². The molecule has 2 amide bonds. The molecule has 0 fully saturated rings. The number of benzene rings is 1. The molecule has 0 aliphatic rings. The SMILES string of the molecule is Cc1cc2nc(C)c(CCC(=O)O[C@H](C)C(=O)NNC(=O)c3ccccc3)c(C)n2n1. The van der Waals surface area contributed by atoms with Gasteiger partial charge in [0, 0.05) is 29.4 Å². The van der Waals surface area contributed by atoms with Crippen LogP contribution in [0.5, 0.6) is 0 Å². The largest absolute Gasteiger partial charge is 0.452 e. The lowest BCUT2D eigenvalue weighted by Crippen LogP contribution is -2.46. The number of amides is 2. The van der Waals surface area contributed by atoms with Crippen LogP contribution in [-0.2, 0) is 20.7 Å². The first kappa shape index (κ1) is 21.9. The van der Waals surface area contributed by atoms with Crippen molar-refractivity contribution >= 4 is 23.4 Å². The van der Waals surface area contributed by atoms with Gasteiger partial charge in [-0.3, -0.25) is 25.2 Å². The average Bonchev–Trinajstić information content (AvgIpc) is 3.12. The van der Waals surface area contributed by atoms with Crippen LogP contribution in [0.25, 0.3) is 5.65 Å². The van der Waals surface area contributed by atoms with E-state index in [1.807, 2.05) is 26.8 Å². The third-order valence-corrected chi connectivity index (χ3v) is 4.88. The van der Waals surface area contributed by atoms with Crippen LogP contribution < -0.4 is 10.9 Å². The standard InChI is InChI=1S/C22H25N5O4/c1-13-12-19-23-14(2)18(15(3)27(19)26-13)10-11-20(28)31-16(4)21(29)24-25-22(30)17-8-6-5-7-9-17/h5-9,12,16H,10-11H2,1-4H3,(H,24,29)(H,25,30)/t16-/m1/s1. The van der Waals surface area contributed by atoms with E-state index in [-0.39, 0.29) is 6.42 Å². The Morgan fingerprint density at radius 1 is 1.10 bits per heavy atom. The molecule has 31 heavy (non-hydrogen) atoms. The average molecular weight is 423 g/mol. The normalized spacial score (nSPS) is 11.7. The Morgan fingerprint density at radius 3 is 2.52 bits per heavy atom. The van der Waals surface area contributed by atoms with Gasteiger partial charge in [-0.05, 0) is 51.8 Å². The molecule has 0 saturated heterocycles. The Bertz CT molecular complexity index is 1120. The number of hydrazine groups is 1. The number of fused-ring (bicyclic) bond motifs is 1. The molecule has 9 heteroatoms. The first-order valence-corrected chi connectivity index (χ1v) is 9.93. The fraction of sp³-hybridized carbons (Fsp3) is 0.318. The first-order valence-electron chi connectivity index (χ1n) is 9.93. The smallest absolute Gasteiger partial charge is 0.306 e. The molecule has 0 saturated carbocycles. The summed E-state index contributed by atoms with van der Waals surface area (Å²) >= 11 is 0. The summed E-state index contributed by atoms with van der Waals surface area (Å²) in [4.78, 5) is 40.9. The summed E-state index contributed by atoms with van der Waals surface area (Å²) in [6.07, 6.45) is -0.555. The van der Waals surface area contributed by atoms with E-state index < -0.39 is 23.9 Å². The zero-order valence-electron chi connectivity index (χ0n) is 17.9. The van der Waals surface area contributed by atoms with Gasteiger partial charge in [-0.2, -0.15) is 5.10 Å². The van der Waals surface area contributed by atoms with Crippen LogP contribution in [0.3, 0.4) is 0 Å². The van der Waals surface area contributed by atoms with Gasteiger partial charge in [-0.15, -0.1) is 0 Å². The maximum atomic E-state index is 12.2. The number of carbonyl (C=O) groups excluding carboxylic acids is 3. The van der Waals surface area contributed by atoms with E-state index >= 15 is 0 Å². The quantitative estimate of drug-likeness (QED) is 0.463. The van der Waals surface area contributed by atoms with E-state index in [4.69, 9.17) is 4.74 Å².